The van der Waals surface area contributed by atoms with Crippen LogP contribution < -0.4 is 0 Å². The van der Waals surface area contributed by atoms with Gasteiger partial charge in [-0.25, -0.2) is 0 Å². The number of fused-ring (bicyclic) bond motifs is 6. The lowest BCUT2D eigenvalue weighted by Gasteiger charge is -2.51. The molecule has 7 unspecified atom stereocenters. The number of aliphatic hydroxyl groups is 1. The number of carbonyl (C=O) groups excluding carboxylic acids is 2. The summed E-state index contributed by atoms with van der Waals surface area (Å²) in [6.45, 7) is 6.03. The molecule has 7 atom stereocenters. The van der Waals surface area contributed by atoms with Crippen LogP contribution in [0, 0.1) is 28.6 Å². The number of ether oxygens (including phenoxy) is 1. The number of carbonyl (C=O) groups is 2. The Kier molecular flexibility index (Phi) is 4.30. The standard InChI is InChI=1S/C22H34O4/c1-14(23)26-19-7-6-17-15-8-12-22(25)18(24)5-4-10-21(22,3)16(13-15)9-11-20(17,19)2/h15-17,19,25H,4-13H2,1-3H3. The van der Waals surface area contributed by atoms with E-state index < -0.39 is 5.60 Å². The third-order valence-electron chi connectivity index (χ3n) is 9.10. The zero-order valence-electron chi connectivity index (χ0n) is 16.6. The van der Waals surface area contributed by atoms with E-state index in [4.69, 9.17) is 4.74 Å². The molecule has 146 valence electrons. The second kappa shape index (κ2) is 6.05. The van der Waals surface area contributed by atoms with E-state index >= 15 is 0 Å². The van der Waals surface area contributed by atoms with E-state index in [1.807, 2.05) is 0 Å². The van der Waals surface area contributed by atoms with Crippen LogP contribution in [-0.4, -0.2) is 28.6 Å². The highest BCUT2D eigenvalue weighted by Gasteiger charge is 2.62. The lowest BCUT2D eigenvalue weighted by molar-refractivity contribution is -0.170. The minimum atomic E-state index is -1.12. The maximum Gasteiger partial charge on any atom is 0.302 e. The summed E-state index contributed by atoms with van der Waals surface area (Å²) >= 11 is 0. The average molecular weight is 363 g/mol. The second-order valence-electron chi connectivity index (χ2n) is 10.1. The van der Waals surface area contributed by atoms with Crippen LogP contribution in [0.4, 0.5) is 0 Å². The van der Waals surface area contributed by atoms with Crippen LogP contribution in [0.25, 0.3) is 0 Å². The molecule has 0 radical (unpaired) electrons. The summed E-state index contributed by atoms with van der Waals surface area (Å²) in [7, 11) is 0. The molecule has 4 fully saturated rings. The normalized spacial score (nSPS) is 51.0. The molecule has 1 N–H and O–H groups in total. The maximum absolute atomic E-state index is 12.7. The van der Waals surface area contributed by atoms with Crippen molar-refractivity contribution in [2.75, 3.05) is 0 Å². The first-order valence-corrected chi connectivity index (χ1v) is 10.6. The highest BCUT2D eigenvalue weighted by Crippen LogP contribution is 2.63. The predicted molar refractivity (Wildman–Crippen MR) is 98.4 cm³/mol. The first-order chi connectivity index (χ1) is 12.2. The van der Waals surface area contributed by atoms with Crippen LogP contribution in [0.1, 0.15) is 85.0 Å². The lowest BCUT2D eigenvalue weighted by Crippen LogP contribution is -2.57. The van der Waals surface area contributed by atoms with Gasteiger partial charge in [0.15, 0.2) is 5.78 Å². The quantitative estimate of drug-likeness (QED) is 0.715. The third kappa shape index (κ3) is 2.43. The molecule has 2 bridgehead atoms. The Labute approximate surface area is 157 Å². The van der Waals surface area contributed by atoms with Crippen LogP contribution in [0.3, 0.4) is 0 Å². The molecule has 0 aromatic carbocycles. The molecule has 4 aliphatic carbocycles. The lowest BCUT2D eigenvalue weighted by atomic mass is 9.56. The molecule has 4 heteroatoms. The molecule has 4 rings (SSSR count). The Bertz CT molecular complexity index is 615. The van der Waals surface area contributed by atoms with Crippen molar-refractivity contribution in [3.63, 3.8) is 0 Å². The maximum atomic E-state index is 12.7. The van der Waals surface area contributed by atoms with E-state index in [1.165, 1.54) is 6.92 Å². The van der Waals surface area contributed by atoms with Crippen LogP contribution in [0.15, 0.2) is 0 Å². The molecule has 26 heavy (non-hydrogen) atoms. The van der Waals surface area contributed by atoms with E-state index in [9.17, 15) is 14.7 Å². The topological polar surface area (TPSA) is 63.6 Å². The minimum absolute atomic E-state index is 0.0327. The highest BCUT2D eigenvalue weighted by molar-refractivity contribution is 5.89. The van der Waals surface area contributed by atoms with Gasteiger partial charge in [0.1, 0.15) is 11.7 Å². The molecule has 4 saturated carbocycles. The molecule has 0 aromatic heterocycles. The van der Waals surface area contributed by atoms with Gasteiger partial charge in [0.25, 0.3) is 0 Å². The van der Waals surface area contributed by atoms with Crippen molar-refractivity contribution in [3.8, 4) is 0 Å². The number of hydrogen-bond acceptors (Lipinski definition) is 4. The SMILES string of the molecule is CC(=O)OC1CCC2C3CCC4(O)C(=O)CCCC4(C)C(CCC12C)C3. The van der Waals surface area contributed by atoms with E-state index in [-0.39, 0.29) is 28.7 Å². The van der Waals surface area contributed by atoms with Crippen LogP contribution >= 0.6 is 0 Å². The molecule has 4 aliphatic rings. The van der Waals surface area contributed by atoms with Crippen molar-refractivity contribution >= 4 is 11.8 Å². The molecular formula is C22H34O4. The van der Waals surface area contributed by atoms with E-state index in [2.05, 4.69) is 13.8 Å². The van der Waals surface area contributed by atoms with Gasteiger partial charge < -0.3 is 9.84 Å². The highest BCUT2D eigenvalue weighted by atomic mass is 16.5. The van der Waals surface area contributed by atoms with E-state index in [0.717, 1.165) is 51.4 Å². The van der Waals surface area contributed by atoms with Gasteiger partial charge in [-0.05, 0) is 75.5 Å². The van der Waals surface area contributed by atoms with E-state index in [1.54, 1.807) is 0 Å². The van der Waals surface area contributed by atoms with Crippen LogP contribution in [0.2, 0.25) is 0 Å². The summed E-state index contributed by atoms with van der Waals surface area (Å²) in [6.07, 6.45) is 9.26. The molecule has 4 nitrogen and oxygen atoms in total. The fourth-order valence-electron chi connectivity index (χ4n) is 7.48. The molecule has 0 heterocycles. The molecule has 0 saturated heterocycles. The van der Waals surface area contributed by atoms with Gasteiger partial charge >= 0.3 is 5.97 Å². The smallest absolute Gasteiger partial charge is 0.302 e. The van der Waals surface area contributed by atoms with Gasteiger partial charge in [-0.2, -0.15) is 0 Å². The minimum Gasteiger partial charge on any atom is -0.462 e. The molecule has 0 aromatic rings. The fraction of sp³-hybridized carbons (Fsp3) is 0.909. The summed E-state index contributed by atoms with van der Waals surface area (Å²) in [6, 6.07) is 0. The summed E-state index contributed by atoms with van der Waals surface area (Å²) < 4.78 is 5.75. The van der Waals surface area contributed by atoms with Gasteiger partial charge in [-0.15, -0.1) is 0 Å². The largest absolute Gasteiger partial charge is 0.462 e. The molecule has 0 aliphatic heterocycles. The van der Waals surface area contributed by atoms with Crippen molar-refractivity contribution in [1.29, 1.82) is 0 Å². The number of esters is 1. The van der Waals surface area contributed by atoms with Crippen molar-refractivity contribution in [2.24, 2.45) is 28.6 Å². The van der Waals surface area contributed by atoms with Crippen LogP contribution in [0.5, 0.6) is 0 Å². The van der Waals surface area contributed by atoms with Crippen LogP contribution in [-0.2, 0) is 14.3 Å². The van der Waals surface area contributed by atoms with Gasteiger partial charge in [-0.3, -0.25) is 9.59 Å². The van der Waals surface area contributed by atoms with Gasteiger partial charge in [0, 0.05) is 24.2 Å². The number of rotatable bonds is 1. The zero-order chi connectivity index (χ0) is 18.7. The Balaban J connectivity index is 1.67. The van der Waals surface area contributed by atoms with Gasteiger partial charge in [0.2, 0.25) is 0 Å². The third-order valence-corrected chi connectivity index (χ3v) is 9.10. The molecule has 0 spiro atoms. The first-order valence-electron chi connectivity index (χ1n) is 10.6. The molecular weight excluding hydrogens is 328 g/mol. The molecule has 0 amide bonds. The average Bonchev–Trinajstić information content (AvgIpc) is 2.73. The van der Waals surface area contributed by atoms with Crippen molar-refractivity contribution in [3.05, 3.63) is 0 Å². The fourth-order valence-corrected chi connectivity index (χ4v) is 7.48. The summed E-state index contributed by atoms with van der Waals surface area (Å²) in [5.41, 5.74) is -1.36. The second-order valence-corrected chi connectivity index (χ2v) is 10.1. The predicted octanol–water partition coefficient (Wildman–Crippen LogP) is 4.03. The number of ketones is 1. The van der Waals surface area contributed by atoms with Crippen molar-refractivity contribution in [1.82, 2.24) is 0 Å². The zero-order valence-corrected chi connectivity index (χ0v) is 16.6. The monoisotopic (exact) mass is 362 g/mol. The summed E-state index contributed by atoms with van der Waals surface area (Å²) in [5, 5.41) is 11.5. The number of hydrogen-bond donors (Lipinski definition) is 1. The van der Waals surface area contributed by atoms with Gasteiger partial charge in [-0.1, -0.05) is 13.8 Å². The van der Waals surface area contributed by atoms with Crippen molar-refractivity contribution in [2.45, 2.75) is 96.7 Å². The van der Waals surface area contributed by atoms with E-state index in [0.29, 0.717) is 30.6 Å². The summed E-state index contributed by atoms with van der Waals surface area (Å²) in [4.78, 5) is 24.3. The Morgan fingerprint density at radius 2 is 1.88 bits per heavy atom. The Morgan fingerprint density at radius 3 is 2.62 bits per heavy atom. The number of Topliss-reactive ketones (excluding diaryl/α,β-unsaturated/α-hetero) is 1. The Hall–Kier alpha value is -0.900. The van der Waals surface area contributed by atoms with Gasteiger partial charge in [0.05, 0.1) is 0 Å². The summed E-state index contributed by atoms with van der Waals surface area (Å²) in [5.74, 6) is 1.39. The first kappa shape index (κ1) is 18.5. The van der Waals surface area contributed by atoms with Crippen molar-refractivity contribution < 1.29 is 19.4 Å². The Morgan fingerprint density at radius 1 is 1.12 bits per heavy atom.